The Bertz CT molecular complexity index is 738. The molecule has 122 valence electrons. The number of likely N-dealkylation sites (N-methyl/N-ethyl adjacent to an activating group) is 1. The average Bonchev–Trinajstić information content (AvgIpc) is 2.87. The Balaban J connectivity index is 1.66. The molecule has 0 spiro atoms. The van der Waals surface area contributed by atoms with Crippen LogP contribution in [0.2, 0.25) is 0 Å². The van der Waals surface area contributed by atoms with Crippen LogP contribution in [-0.4, -0.2) is 43.6 Å². The zero-order valence-corrected chi connectivity index (χ0v) is 14.0. The van der Waals surface area contributed by atoms with Gasteiger partial charge in [-0.25, -0.2) is 0 Å². The van der Waals surface area contributed by atoms with Crippen molar-refractivity contribution in [2.45, 2.75) is 46.4 Å². The van der Waals surface area contributed by atoms with Crippen LogP contribution >= 0.6 is 0 Å². The molecule has 7 heteroatoms. The summed E-state index contributed by atoms with van der Waals surface area (Å²) in [6, 6.07) is 3.77. The predicted molar refractivity (Wildman–Crippen MR) is 85.6 cm³/mol. The first kappa shape index (κ1) is 15.6. The van der Waals surface area contributed by atoms with Crippen LogP contribution < -0.4 is 5.32 Å². The van der Waals surface area contributed by atoms with Crippen LogP contribution in [0.15, 0.2) is 12.1 Å². The second kappa shape index (κ2) is 6.08. The summed E-state index contributed by atoms with van der Waals surface area (Å²) in [4.78, 5) is 19.0. The van der Waals surface area contributed by atoms with Crippen molar-refractivity contribution in [2.75, 3.05) is 7.05 Å². The van der Waals surface area contributed by atoms with E-state index in [1.165, 1.54) is 0 Å². The third kappa shape index (κ3) is 3.10. The molecule has 2 aromatic heterocycles. The molecular weight excluding hydrogens is 292 g/mol. The van der Waals surface area contributed by atoms with Crippen LogP contribution in [0.4, 0.5) is 0 Å². The van der Waals surface area contributed by atoms with Gasteiger partial charge in [0, 0.05) is 5.69 Å². The third-order valence-electron chi connectivity index (χ3n) is 4.44. The maximum absolute atomic E-state index is 12.5. The van der Waals surface area contributed by atoms with E-state index in [1.54, 1.807) is 0 Å². The van der Waals surface area contributed by atoms with E-state index < -0.39 is 0 Å². The maximum atomic E-state index is 12.5. The highest BCUT2D eigenvalue weighted by Gasteiger charge is 2.30. The van der Waals surface area contributed by atoms with E-state index in [0.717, 1.165) is 28.6 Å². The highest BCUT2D eigenvalue weighted by atomic mass is 16.2. The summed E-state index contributed by atoms with van der Waals surface area (Å²) in [6.07, 6.45) is 0. The quantitative estimate of drug-likeness (QED) is 0.904. The smallest absolute Gasteiger partial charge is 0.239 e. The maximum Gasteiger partial charge on any atom is 0.239 e. The lowest BCUT2D eigenvalue weighted by atomic mass is 10.1. The van der Waals surface area contributed by atoms with Crippen molar-refractivity contribution in [1.82, 2.24) is 30.0 Å². The summed E-state index contributed by atoms with van der Waals surface area (Å²) in [6.45, 7) is 7.57. The van der Waals surface area contributed by atoms with Gasteiger partial charge in [0.15, 0.2) is 0 Å². The van der Waals surface area contributed by atoms with Gasteiger partial charge in [0.05, 0.1) is 25.3 Å². The predicted octanol–water partition coefficient (Wildman–Crippen LogP) is 0.729. The highest BCUT2D eigenvalue weighted by Crippen LogP contribution is 2.16. The third-order valence-corrected chi connectivity index (χ3v) is 4.44. The van der Waals surface area contributed by atoms with Crippen LogP contribution in [0.5, 0.6) is 0 Å². The van der Waals surface area contributed by atoms with E-state index >= 15 is 0 Å². The zero-order chi connectivity index (χ0) is 16.6. The number of nitrogens with one attached hydrogen (secondary N) is 1. The molecule has 1 aliphatic rings. The molecule has 7 nitrogen and oxygen atoms in total. The van der Waals surface area contributed by atoms with E-state index in [2.05, 4.69) is 20.5 Å². The van der Waals surface area contributed by atoms with Crippen molar-refractivity contribution in [3.8, 4) is 0 Å². The molecule has 1 N–H and O–H groups in total. The average molecular weight is 314 g/mol. The SMILES string of the molecule is Cc1ccc(CNC(=O)C2Cn3c(C)nnc3CN2C)nc1C. The summed E-state index contributed by atoms with van der Waals surface area (Å²) in [5.41, 5.74) is 3.03. The van der Waals surface area contributed by atoms with Gasteiger partial charge >= 0.3 is 0 Å². The van der Waals surface area contributed by atoms with Gasteiger partial charge in [0.1, 0.15) is 17.7 Å². The summed E-state index contributed by atoms with van der Waals surface area (Å²) in [7, 11) is 1.94. The fourth-order valence-electron chi connectivity index (χ4n) is 2.78. The summed E-state index contributed by atoms with van der Waals surface area (Å²) in [5, 5.41) is 11.2. The lowest BCUT2D eigenvalue weighted by Gasteiger charge is -2.32. The lowest BCUT2D eigenvalue weighted by Crippen LogP contribution is -2.50. The number of amides is 1. The van der Waals surface area contributed by atoms with E-state index in [9.17, 15) is 4.79 Å². The first-order valence-corrected chi connectivity index (χ1v) is 7.75. The monoisotopic (exact) mass is 314 g/mol. The molecule has 0 aliphatic carbocycles. The number of carbonyl (C=O) groups is 1. The molecule has 0 radical (unpaired) electrons. The molecule has 1 unspecified atom stereocenters. The van der Waals surface area contributed by atoms with Crippen LogP contribution in [0.1, 0.15) is 28.6 Å². The minimum absolute atomic E-state index is 0.00581. The number of hydrogen-bond donors (Lipinski definition) is 1. The van der Waals surface area contributed by atoms with Crippen molar-refractivity contribution in [3.05, 3.63) is 40.7 Å². The van der Waals surface area contributed by atoms with Gasteiger partial charge in [-0.15, -0.1) is 10.2 Å². The second-order valence-corrected chi connectivity index (χ2v) is 6.13. The molecule has 1 atom stereocenters. The molecular formula is C16H22N6O. The fourth-order valence-corrected chi connectivity index (χ4v) is 2.78. The van der Waals surface area contributed by atoms with Gasteiger partial charge in [-0.1, -0.05) is 6.07 Å². The number of aromatic nitrogens is 4. The summed E-state index contributed by atoms with van der Waals surface area (Å²) >= 11 is 0. The number of nitrogens with zero attached hydrogens (tertiary/aromatic N) is 5. The Hall–Kier alpha value is -2.28. The van der Waals surface area contributed by atoms with Gasteiger partial charge in [-0.2, -0.15) is 0 Å². The Morgan fingerprint density at radius 2 is 2.09 bits per heavy atom. The molecule has 0 fully saturated rings. The van der Waals surface area contributed by atoms with Crippen molar-refractivity contribution in [3.63, 3.8) is 0 Å². The molecule has 3 rings (SSSR count). The second-order valence-electron chi connectivity index (χ2n) is 6.13. The molecule has 3 heterocycles. The number of hydrogen-bond acceptors (Lipinski definition) is 5. The van der Waals surface area contributed by atoms with Gasteiger partial charge < -0.3 is 9.88 Å². The van der Waals surface area contributed by atoms with Crippen molar-refractivity contribution in [1.29, 1.82) is 0 Å². The number of rotatable bonds is 3. The molecule has 1 amide bonds. The molecule has 1 aliphatic heterocycles. The minimum atomic E-state index is -0.219. The van der Waals surface area contributed by atoms with E-state index in [0.29, 0.717) is 19.6 Å². The largest absolute Gasteiger partial charge is 0.349 e. The highest BCUT2D eigenvalue weighted by molar-refractivity contribution is 5.81. The number of pyridine rings is 1. The minimum Gasteiger partial charge on any atom is -0.349 e. The van der Waals surface area contributed by atoms with Crippen LogP contribution in [-0.2, 0) is 24.4 Å². The summed E-state index contributed by atoms with van der Waals surface area (Å²) < 4.78 is 2.01. The number of aryl methyl sites for hydroxylation is 3. The van der Waals surface area contributed by atoms with Crippen molar-refractivity contribution in [2.24, 2.45) is 0 Å². The topological polar surface area (TPSA) is 75.9 Å². The Morgan fingerprint density at radius 3 is 2.83 bits per heavy atom. The van der Waals surface area contributed by atoms with Gasteiger partial charge in [-0.3, -0.25) is 14.7 Å². The first-order valence-electron chi connectivity index (χ1n) is 7.75. The van der Waals surface area contributed by atoms with E-state index in [1.807, 2.05) is 49.4 Å². The Labute approximate surface area is 135 Å². The van der Waals surface area contributed by atoms with Crippen molar-refractivity contribution < 1.29 is 4.79 Å². The Kier molecular flexibility index (Phi) is 4.12. The molecule has 0 bridgehead atoms. The molecule has 23 heavy (non-hydrogen) atoms. The van der Waals surface area contributed by atoms with Crippen LogP contribution in [0, 0.1) is 20.8 Å². The molecule has 2 aromatic rings. The standard InChI is InChI=1S/C16H22N6O/c1-10-5-6-13(18-11(10)2)7-17-16(23)14-8-22-12(3)19-20-15(22)9-21(14)4/h5-6,14H,7-9H2,1-4H3,(H,17,23). The van der Waals surface area contributed by atoms with Crippen LogP contribution in [0.25, 0.3) is 0 Å². The normalized spacial score (nSPS) is 17.8. The van der Waals surface area contributed by atoms with E-state index in [4.69, 9.17) is 0 Å². The lowest BCUT2D eigenvalue weighted by molar-refractivity contribution is -0.127. The molecule has 0 saturated heterocycles. The summed E-state index contributed by atoms with van der Waals surface area (Å²) in [5.74, 6) is 1.76. The van der Waals surface area contributed by atoms with Gasteiger partial charge in [0.25, 0.3) is 0 Å². The van der Waals surface area contributed by atoms with Gasteiger partial charge in [0.2, 0.25) is 5.91 Å². The Morgan fingerprint density at radius 1 is 1.30 bits per heavy atom. The van der Waals surface area contributed by atoms with Crippen molar-refractivity contribution >= 4 is 5.91 Å². The number of fused-ring (bicyclic) bond motifs is 1. The van der Waals surface area contributed by atoms with Crippen LogP contribution in [0.3, 0.4) is 0 Å². The first-order chi connectivity index (χ1) is 11.0. The van der Waals surface area contributed by atoms with Gasteiger partial charge in [-0.05, 0) is 39.4 Å². The van der Waals surface area contributed by atoms with E-state index in [-0.39, 0.29) is 11.9 Å². The molecule has 0 saturated carbocycles. The fraction of sp³-hybridized carbons (Fsp3) is 0.500. The zero-order valence-electron chi connectivity index (χ0n) is 14.0. The molecule has 0 aromatic carbocycles. The number of carbonyl (C=O) groups excluding carboxylic acids is 1.